The van der Waals surface area contributed by atoms with Gasteiger partial charge in [0.1, 0.15) is 5.75 Å². The van der Waals surface area contributed by atoms with Gasteiger partial charge in [-0.15, -0.1) is 0 Å². The molecule has 0 N–H and O–H groups in total. The average molecular weight is 333 g/mol. The molecule has 2 aliphatic rings. The van der Waals surface area contributed by atoms with Crippen molar-refractivity contribution in [2.45, 2.75) is 31.8 Å². The molecule has 2 unspecified atom stereocenters. The van der Waals surface area contributed by atoms with Gasteiger partial charge in [-0.1, -0.05) is 12.1 Å². The average Bonchev–Trinajstić information content (AvgIpc) is 2.62. The van der Waals surface area contributed by atoms with Crippen LogP contribution in [0.25, 0.3) is 0 Å². The first-order valence-corrected chi connectivity index (χ1v) is 8.68. The third-order valence-electron chi connectivity index (χ3n) is 5.29. The Labute approximate surface area is 143 Å². The fraction of sp³-hybridized carbons (Fsp3) is 0.632. The molecule has 24 heavy (non-hydrogen) atoms. The first kappa shape index (κ1) is 17.2. The molecule has 0 bridgehead atoms. The van der Waals surface area contributed by atoms with Crippen LogP contribution < -0.4 is 4.74 Å². The van der Waals surface area contributed by atoms with Gasteiger partial charge in [-0.3, -0.25) is 4.79 Å². The van der Waals surface area contributed by atoms with Crippen molar-refractivity contribution in [2.24, 2.45) is 5.41 Å². The van der Waals surface area contributed by atoms with Crippen LogP contribution in [-0.2, 0) is 20.7 Å². The Morgan fingerprint density at radius 3 is 2.83 bits per heavy atom. The van der Waals surface area contributed by atoms with E-state index < -0.39 is 0 Å². The predicted molar refractivity (Wildman–Crippen MR) is 91.2 cm³/mol. The molecular weight excluding hydrogens is 306 g/mol. The normalized spacial score (nSPS) is 26.8. The molecule has 1 aromatic carbocycles. The van der Waals surface area contributed by atoms with E-state index >= 15 is 0 Å². The quantitative estimate of drug-likeness (QED) is 0.829. The number of amides is 1. The zero-order valence-electron chi connectivity index (χ0n) is 14.6. The van der Waals surface area contributed by atoms with E-state index in [2.05, 4.69) is 0 Å². The van der Waals surface area contributed by atoms with Gasteiger partial charge in [0.25, 0.3) is 0 Å². The fourth-order valence-corrected chi connectivity index (χ4v) is 4.03. The monoisotopic (exact) mass is 333 g/mol. The molecule has 0 spiro atoms. The molecule has 132 valence electrons. The van der Waals surface area contributed by atoms with E-state index in [9.17, 15) is 4.79 Å². The minimum atomic E-state index is -0.0409. The topological polar surface area (TPSA) is 48.0 Å². The lowest BCUT2D eigenvalue weighted by Crippen LogP contribution is -2.58. The minimum absolute atomic E-state index is 0.0409. The number of carbonyl (C=O) groups excluding carboxylic acids is 1. The smallest absolute Gasteiger partial charge is 0.227 e. The second-order valence-corrected chi connectivity index (χ2v) is 6.89. The lowest BCUT2D eigenvalue weighted by atomic mass is 9.73. The number of likely N-dealkylation sites (tertiary alicyclic amines) is 1. The summed E-state index contributed by atoms with van der Waals surface area (Å²) in [5, 5.41) is 0. The van der Waals surface area contributed by atoms with Gasteiger partial charge in [0.2, 0.25) is 5.91 Å². The zero-order chi connectivity index (χ0) is 17.0. The molecule has 2 aliphatic heterocycles. The zero-order valence-corrected chi connectivity index (χ0v) is 14.6. The molecule has 5 heteroatoms. The summed E-state index contributed by atoms with van der Waals surface area (Å²) in [5.41, 5.74) is 0.976. The van der Waals surface area contributed by atoms with Crippen molar-refractivity contribution in [3.05, 3.63) is 29.8 Å². The molecule has 0 radical (unpaired) electrons. The first-order valence-electron chi connectivity index (χ1n) is 8.68. The van der Waals surface area contributed by atoms with Crippen molar-refractivity contribution in [1.29, 1.82) is 0 Å². The highest BCUT2D eigenvalue weighted by Gasteiger charge is 2.46. The number of methoxy groups -OCH3 is 2. The van der Waals surface area contributed by atoms with E-state index in [4.69, 9.17) is 14.2 Å². The Balaban J connectivity index is 1.66. The van der Waals surface area contributed by atoms with E-state index in [1.807, 2.05) is 29.2 Å². The summed E-state index contributed by atoms with van der Waals surface area (Å²) in [6.45, 7) is 2.99. The highest BCUT2D eigenvalue weighted by molar-refractivity contribution is 5.79. The maximum Gasteiger partial charge on any atom is 0.227 e. The summed E-state index contributed by atoms with van der Waals surface area (Å²) in [6.07, 6.45) is 3.66. The number of carbonyl (C=O) groups is 1. The van der Waals surface area contributed by atoms with Crippen LogP contribution in [0.4, 0.5) is 0 Å². The largest absolute Gasteiger partial charge is 0.497 e. The standard InChI is InChI=1S/C19H27NO4/c1-22-14-19-9-3-11-24-17(19)8-10-20(13-19)18(21)12-15-4-6-16(23-2)7-5-15/h4-7,17H,3,8-14H2,1-2H3. The van der Waals surface area contributed by atoms with Crippen LogP contribution >= 0.6 is 0 Å². The van der Waals surface area contributed by atoms with Crippen LogP contribution in [-0.4, -0.2) is 57.4 Å². The van der Waals surface area contributed by atoms with Crippen LogP contribution in [0.5, 0.6) is 5.75 Å². The van der Waals surface area contributed by atoms with Gasteiger partial charge in [-0.25, -0.2) is 0 Å². The number of nitrogens with zero attached hydrogens (tertiary/aromatic N) is 1. The van der Waals surface area contributed by atoms with E-state index in [0.717, 1.165) is 50.3 Å². The summed E-state index contributed by atoms with van der Waals surface area (Å²) < 4.78 is 16.6. The Morgan fingerprint density at radius 1 is 1.33 bits per heavy atom. The summed E-state index contributed by atoms with van der Waals surface area (Å²) in [7, 11) is 3.38. The summed E-state index contributed by atoms with van der Waals surface area (Å²) >= 11 is 0. The molecule has 1 amide bonds. The second kappa shape index (κ2) is 7.53. The number of piperidine rings is 1. The number of rotatable bonds is 5. The molecule has 5 nitrogen and oxygen atoms in total. The Kier molecular flexibility index (Phi) is 5.41. The van der Waals surface area contributed by atoms with Crippen molar-refractivity contribution >= 4 is 5.91 Å². The van der Waals surface area contributed by atoms with Gasteiger partial charge < -0.3 is 19.1 Å². The third kappa shape index (κ3) is 3.57. The third-order valence-corrected chi connectivity index (χ3v) is 5.29. The summed E-state index contributed by atoms with van der Waals surface area (Å²) in [6, 6.07) is 7.71. The Hall–Kier alpha value is -1.59. The minimum Gasteiger partial charge on any atom is -0.497 e. The highest BCUT2D eigenvalue weighted by atomic mass is 16.5. The van der Waals surface area contributed by atoms with Crippen LogP contribution in [0.1, 0.15) is 24.8 Å². The van der Waals surface area contributed by atoms with Gasteiger partial charge in [-0.05, 0) is 37.0 Å². The van der Waals surface area contributed by atoms with E-state index in [1.54, 1.807) is 14.2 Å². The lowest BCUT2D eigenvalue weighted by molar-refractivity contribution is -0.161. The van der Waals surface area contributed by atoms with Crippen molar-refractivity contribution < 1.29 is 19.0 Å². The Bertz CT molecular complexity index is 555. The number of fused-ring (bicyclic) bond motifs is 1. The molecule has 2 heterocycles. The molecule has 1 aromatic rings. The van der Waals surface area contributed by atoms with Crippen LogP contribution in [0.2, 0.25) is 0 Å². The Morgan fingerprint density at radius 2 is 2.12 bits per heavy atom. The van der Waals surface area contributed by atoms with Crippen LogP contribution in [0.15, 0.2) is 24.3 Å². The number of benzene rings is 1. The van der Waals surface area contributed by atoms with Gasteiger partial charge >= 0.3 is 0 Å². The maximum absolute atomic E-state index is 12.8. The molecule has 0 aliphatic carbocycles. The summed E-state index contributed by atoms with van der Waals surface area (Å²) in [5.74, 6) is 0.991. The number of ether oxygens (including phenoxy) is 3. The van der Waals surface area contributed by atoms with Gasteiger partial charge in [0.15, 0.2) is 0 Å². The number of hydrogen-bond acceptors (Lipinski definition) is 4. The van der Waals surface area contributed by atoms with Gasteiger partial charge in [-0.2, -0.15) is 0 Å². The molecule has 2 saturated heterocycles. The molecule has 0 aromatic heterocycles. The molecular formula is C19H27NO4. The first-order chi connectivity index (χ1) is 11.7. The predicted octanol–water partition coefficient (Wildman–Crippen LogP) is 2.28. The molecule has 3 rings (SSSR count). The van der Waals surface area contributed by atoms with Crippen LogP contribution in [0, 0.1) is 5.41 Å². The van der Waals surface area contributed by atoms with E-state index in [0.29, 0.717) is 13.0 Å². The van der Waals surface area contributed by atoms with E-state index in [1.165, 1.54) is 0 Å². The van der Waals surface area contributed by atoms with Crippen molar-refractivity contribution in [3.63, 3.8) is 0 Å². The van der Waals surface area contributed by atoms with Gasteiger partial charge in [0, 0.05) is 32.2 Å². The van der Waals surface area contributed by atoms with Crippen molar-refractivity contribution in [1.82, 2.24) is 4.90 Å². The lowest BCUT2D eigenvalue weighted by Gasteiger charge is -2.50. The van der Waals surface area contributed by atoms with Crippen molar-refractivity contribution in [3.8, 4) is 5.75 Å². The number of hydrogen-bond donors (Lipinski definition) is 0. The second-order valence-electron chi connectivity index (χ2n) is 6.89. The summed E-state index contributed by atoms with van der Waals surface area (Å²) in [4.78, 5) is 14.8. The molecule has 2 atom stereocenters. The fourth-order valence-electron chi connectivity index (χ4n) is 4.03. The van der Waals surface area contributed by atoms with E-state index in [-0.39, 0.29) is 17.4 Å². The SMILES string of the molecule is COCC12CCCOC1CCN(C(=O)Cc1ccc(OC)cc1)C2. The molecule has 0 saturated carbocycles. The molecule has 2 fully saturated rings. The van der Waals surface area contributed by atoms with Crippen LogP contribution in [0.3, 0.4) is 0 Å². The van der Waals surface area contributed by atoms with Gasteiger partial charge in [0.05, 0.1) is 26.2 Å². The highest BCUT2D eigenvalue weighted by Crippen LogP contribution is 2.40. The van der Waals surface area contributed by atoms with Crippen molar-refractivity contribution in [2.75, 3.05) is 40.5 Å². The maximum atomic E-state index is 12.8.